The maximum Gasteiger partial charge on any atom is 0.324 e. The molecule has 1 aliphatic heterocycles. The van der Waals surface area contributed by atoms with E-state index in [0.29, 0.717) is 21.4 Å². The minimum absolute atomic E-state index is 0.297. The van der Waals surface area contributed by atoms with Crippen LogP contribution < -0.4 is 9.47 Å². The van der Waals surface area contributed by atoms with Gasteiger partial charge < -0.3 is 19.5 Å². The molecule has 2 rings (SSSR count). The molecule has 1 amide bonds. The number of rotatable bonds is 5. The minimum Gasteiger partial charge on any atom is -0.497 e. The number of sulfonamides is 1. The van der Waals surface area contributed by atoms with Crippen LogP contribution in [0.2, 0.25) is 0 Å². The lowest BCUT2D eigenvalue weighted by molar-refractivity contribution is -0.151. The summed E-state index contributed by atoms with van der Waals surface area (Å²) in [5, 5.41) is 9.66. The first-order valence-electron chi connectivity index (χ1n) is 7.29. The van der Waals surface area contributed by atoms with Crippen molar-refractivity contribution in [1.82, 2.24) is 9.21 Å². The largest absolute Gasteiger partial charge is 0.497 e. The van der Waals surface area contributed by atoms with E-state index in [1.807, 2.05) is 0 Å². The Morgan fingerprint density at radius 2 is 1.92 bits per heavy atom. The van der Waals surface area contributed by atoms with E-state index in [4.69, 9.17) is 9.47 Å². The Hall–Kier alpha value is -2.33. The first kappa shape index (κ1) is 19.0. The molecule has 2 atom stereocenters. The Morgan fingerprint density at radius 1 is 1.28 bits per heavy atom. The summed E-state index contributed by atoms with van der Waals surface area (Å²) in [5.41, 5.74) is 0.375. The van der Waals surface area contributed by atoms with Crippen LogP contribution in [0.4, 0.5) is 0 Å². The van der Waals surface area contributed by atoms with E-state index in [0.717, 1.165) is 6.26 Å². The number of amides is 1. The third-order valence-corrected chi connectivity index (χ3v) is 5.36. The van der Waals surface area contributed by atoms with Gasteiger partial charge >= 0.3 is 5.97 Å². The summed E-state index contributed by atoms with van der Waals surface area (Å²) in [5.74, 6) is -1.08. The highest BCUT2D eigenvalue weighted by Crippen LogP contribution is 2.38. The van der Waals surface area contributed by atoms with E-state index in [2.05, 4.69) is 0 Å². The molecular weight excluding hydrogens is 352 g/mol. The van der Waals surface area contributed by atoms with Gasteiger partial charge in [-0.15, -0.1) is 0 Å². The molecule has 138 valence electrons. The summed E-state index contributed by atoms with van der Waals surface area (Å²) in [6, 6.07) is 2.18. The molecular formula is C15H20N2O7S. The van der Waals surface area contributed by atoms with E-state index in [9.17, 15) is 23.1 Å². The number of aliphatic carboxylic acids is 1. The zero-order valence-electron chi connectivity index (χ0n) is 14.3. The number of carboxylic acid groups (broad SMARTS) is 1. The number of carboxylic acids is 1. The molecule has 0 aliphatic carbocycles. The van der Waals surface area contributed by atoms with Gasteiger partial charge in [0.2, 0.25) is 15.9 Å². The quantitative estimate of drug-likeness (QED) is 0.770. The van der Waals surface area contributed by atoms with E-state index in [-0.39, 0.29) is 0 Å². The SMILES string of the molecule is COc1ccc([C@@H]2[C@@H](C(=O)O)N(S(C)(=O)=O)CC(=O)N2C)c(OC)c1. The number of piperazine rings is 1. The normalized spacial score (nSPS) is 21.9. The van der Waals surface area contributed by atoms with Crippen molar-refractivity contribution in [3.63, 3.8) is 0 Å². The van der Waals surface area contributed by atoms with Gasteiger partial charge in [0.25, 0.3) is 0 Å². The smallest absolute Gasteiger partial charge is 0.324 e. The highest BCUT2D eigenvalue weighted by Gasteiger charge is 2.48. The fraction of sp³-hybridized carbons (Fsp3) is 0.467. The molecule has 0 unspecified atom stereocenters. The Balaban J connectivity index is 2.66. The topological polar surface area (TPSA) is 113 Å². The number of methoxy groups -OCH3 is 2. The van der Waals surface area contributed by atoms with E-state index in [1.165, 1.54) is 26.2 Å². The number of hydrogen-bond acceptors (Lipinski definition) is 6. The lowest BCUT2D eigenvalue weighted by Crippen LogP contribution is -2.60. The fourth-order valence-corrected chi connectivity index (χ4v) is 3.85. The lowest BCUT2D eigenvalue weighted by Gasteiger charge is -2.43. The second-order valence-electron chi connectivity index (χ2n) is 5.65. The summed E-state index contributed by atoms with van der Waals surface area (Å²) >= 11 is 0. The van der Waals surface area contributed by atoms with E-state index >= 15 is 0 Å². The standard InChI is InChI=1S/C15H20N2O7S/c1-16-12(18)8-17(25(4,21)22)14(15(19)20)13(16)10-6-5-9(23-2)7-11(10)24-3/h5-7,13-14H,8H2,1-4H3,(H,19,20)/t13-,14+/m1/s1. The fourth-order valence-electron chi connectivity index (χ4n) is 2.89. The summed E-state index contributed by atoms with van der Waals surface area (Å²) in [6.45, 7) is -0.527. The number of likely N-dealkylation sites (N-methyl/N-ethyl adjacent to an activating group) is 1. The number of hydrogen-bond donors (Lipinski definition) is 1. The van der Waals surface area contributed by atoms with Gasteiger partial charge in [-0.05, 0) is 12.1 Å². The number of nitrogens with zero attached hydrogens (tertiary/aromatic N) is 2. The molecule has 1 aromatic rings. The maximum absolute atomic E-state index is 12.3. The third kappa shape index (κ3) is 3.54. The van der Waals surface area contributed by atoms with Crippen LogP contribution in [0.3, 0.4) is 0 Å². The predicted octanol–water partition coefficient (Wildman–Crippen LogP) is -0.0683. The number of carbonyl (C=O) groups is 2. The van der Waals surface area contributed by atoms with Gasteiger partial charge in [-0.3, -0.25) is 9.59 Å². The summed E-state index contributed by atoms with van der Waals surface area (Å²) in [6.07, 6.45) is 0.879. The molecule has 1 aliphatic rings. The van der Waals surface area contributed by atoms with Gasteiger partial charge in [0.05, 0.1) is 33.1 Å². The van der Waals surface area contributed by atoms with Crippen LogP contribution in [0, 0.1) is 0 Å². The lowest BCUT2D eigenvalue weighted by atomic mass is 9.94. The van der Waals surface area contributed by atoms with Crippen molar-refractivity contribution < 1.29 is 32.6 Å². The van der Waals surface area contributed by atoms with E-state index < -0.39 is 40.5 Å². The van der Waals surface area contributed by atoms with Crippen LogP contribution in [0.1, 0.15) is 11.6 Å². The number of ether oxygens (including phenoxy) is 2. The Labute approximate surface area is 145 Å². The highest BCUT2D eigenvalue weighted by atomic mass is 32.2. The first-order valence-corrected chi connectivity index (χ1v) is 9.13. The van der Waals surface area contributed by atoms with Crippen LogP contribution in [-0.4, -0.2) is 74.7 Å². The number of benzene rings is 1. The van der Waals surface area contributed by atoms with Crippen LogP contribution in [0.25, 0.3) is 0 Å². The van der Waals surface area contributed by atoms with Crippen molar-refractivity contribution in [1.29, 1.82) is 0 Å². The first-order chi connectivity index (χ1) is 11.6. The molecule has 0 spiro atoms. The van der Waals surface area contributed by atoms with Crippen LogP contribution >= 0.6 is 0 Å². The van der Waals surface area contributed by atoms with Crippen molar-refractivity contribution in [2.24, 2.45) is 0 Å². The molecule has 0 radical (unpaired) electrons. The van der Waals surface area contributed by atoms with E-state index in [1.54, 1.807) is 18.2 Å². The minimum atomic E-state index is -3.91. The maximum atomic E-state index is 12.3. The Kier molecular flexibility index (Phi) is 5.23. The average Bonchev–Trinajstić information content (AvgIpc) is 2.55. The van der Waals surface area contributed by atoms with Crippen LogP contribution in [-0.2, 0) is 19.6 Å². The van der Waals surface area contributed by atoms with Crippen LogP contribution in [0.15, 0.2) is 18.2 Å². The monoisotopic (exact) mass is 372 g/mol. The molecule has 0 bridgehead atoms. The van der Waals surface area contributed by atoms with Crippen molar-refractivity contribution >= 4 is 21.9 Å². The zero-order chi connectivity index (χ0) is 18.9. The molecule has 1 heterocycles. The molecule has 1 saturated heterocycles. The molecule has 0 aromatic heterocycles. The summed E-state index contributed by atoms with van der Waals surface area (Å²) < 4.78 is 35.2. The highest BCUT2D eigenvalue weighted by molar-refractivity contribution is 7.88. The van der Waals surface area contributed by atoms with Crippen molar-refractivity contribution in [2.45, 2.75) is 12.1 Å². The summed E-state index contributed by atoms with van der Waals surface area (Å²) in [7, 11) is 0.391. The van der Waals surface area contributed by atoms with Gasteiger partial charge in [0, 0.05) is 18.7 Å². The third-order valence-electron chi connectivity index (χ3n) is 4.15. The van der Waals surface area contributed by atoms with Gasteiger partial charge in [-0.1, -0.05) is 0 Å². The predicted molar refractivity (Wildman–Crippen MR) is 88.0 cm³/mol. The van der Waals surface area contributed by atoms with Crippen LogP contribution in [0.5, 0.6) is 11.5 Å². The Morgan fingerprint density at radius 3 is 2.40 bits per heavy atom. The molecule has 0 saturated carbocycles. The van der Waals surface area contributed by atoms with Crippen molar-refractivity contribution in [3.8, 4) is 11.5 Å². The molecule has 9 nitrogen and oxygen atoms in total. The second kappa shape index (κ2) is 6.89. The second-order valence-corrected chi connectivity index (χ2v) is 7.58. The van der Waals surface area contributed by atoms with Gasteiger partial charge in [-0.25, -0.2) is 8.42 Å². The molecule has 1 aromatic carbocycles. The molecule has 10 heteroatoms. The molecule has 1 fully saturated rings. The van der Waals surface area contributed by atoms with Crippen molar-refractivity contribution in [2.75, 3.05) is 34.1 Å². The summed E-state index contributed by atoms with van der Waals surface area (Å²) in [4.78, 5) is 25.4. The van der Waals surface area contributed by atoms with Gasteiger partial charge in [0.15, 0.2) is 0 Å². The Bertz CT molecular complexity index is 793. The molecule has 1 N–H and O–H groups in total. The number of carbonyl (C=O) groups excluding carboxylic acids is 1. The van der Waals surface area contributed by atoms with Gasteiger partial charge in [0.1, 0.15) is 17.5 Å². The van der Waals surface area contributed by atoms with Gasteiger partial charge in [-0.2, -0.15) is 4.31 Å². The molecule has 25 heavy (non-hydrogen) atoms. The average molecular weight is 372 g/mol. The zero-order valence-corrected chi connectivity index (χ0v) is 15.1. The van der Waals surface area contributed by atoms with Crippen molar-refractivity contribution in [3.05, 3.63) is 23.8 Å².